The van der Waals surface area contributed by atoms with Crippen molar-refractivity contribution in [2.45, 2.75) is 32.3 Å². The second kappa shape index (κ2) is 9.59. The van der Waals surface area contributed by atoms with E-state index in [9.17, 15) is 5.11 Å². The largest absolute Gasteiger partial charge is 0.395 e. The predicted molar refractivity (Wildman–Crippen MR) is 84.5 cm³/mol. The lowest BCUT2D eigenvalue weighted by molar-refractivity contribution is 0.130. The summed E-state index contributed by atoms with van der Waals surface area (Å²) in [5, 5.41) is 20.2. The number of halogens is 2. The van der Waals surface area contributed by atoms with E-state index in [0.717, 1.165) is 25.9 Å². The van der Waals surface area contributed by atoms with Gasteiger partial charge in [-0.3, -0.25) is 0 Å². The van der Waals surface area contributed by atoms with Crippen LogP contribution in [0.3, 0.4) is 0 Å². The number of aliphatic hydroxyl groups is 2. The molecule has 0 radical (unpaired) electrons. The van der Waals surface area contributed by atoms with Gasteiger partial charge < -0.3 is 15.1 Å². The van der Waals surface area contributed by atoms with Crippen LogP contribution in [0.15, 0.2) is 18.2 Å². The number of rotatable bonds is 9. The summed E-state index contributed by atoms with van der Waals surface area (Å²) in [5.74, 6) is 0. The quantitative estimate of drug-likeness (QED) is 0.732. The third-order valence-electron chi connectivity index (χ3n) is 3.30. The van der Waals surface area contributed by atoms with Gasteiger partial charge >= 0.3 is 0 Å². The third-order valence-corrected chi connectivity index (χ3v) is 4.14. The smallest absolute Gasteiger partial charge is 0.0817 e. The van der Waals surface area contributed by atoms with Crippen molar-refractivity contribution in [3.8, 4) is 0 Å². The summed E-state index contributed by atoms with van der Waals surface area (Å²) in [5.41, 5.74) is 0.665. The molecule has 0 heterocycles. The number of aliphatic hydroxyl groups excluding tert-OH is 2. The van der Waals surface area contributed by atoms with Gasteiger partial charge in [0.25, 0.3) is 0 Å². The van der Waals surface area contributed by atoms with E-state index < -0.39 is 6.10 Å². The molecule has 1 unspecified atom stereocenters. The first-order valence-electron chi connectivity index (χ1n) is 7.05. The van der Waals surface area contributed by atoms with Crippen LogP contribution in [0.2, 0.25) is 10.0 Å². The maximum absolute atomic E-state index is 10.2. The summed E-state index contributed by atoms with van der Waals surface area (Å²) < 4.78 is 0. The van der Waals surface area contributed by atoms with Gasteiger partial charge in [0.15, 0.2) is 0 Å². The highest BCUT2D eigenvalue weighted by Crippen LogP contribution is 2.31. The number of hydrogen-bond acceptors (Lipinski definition) is 3. The van der Waals surface area contributed by atoms with Gasteiger partial charge in [0, 0.05) is 18.7 Å². The van der Waals surface area contributed by atoms with Crippen molar-refractivity contribution in [1.82, 2.24) is 4.90 Å². The molecule has 0 aliphatic heterocycles. The molecular weight excluding hydrogens is 297 g/mol. The average Bonchev–Trinajstić information content (AvgIpc) is 2.44. The molecule has 20 heavy (non-hydrogen) atoms. The summed E-state index contributed by atoms with van der Waals surface area (Å²) in [6.45, 7) is 4.57. The Kier molecular flexibility index (Phi) is 8.50. The summed E-state index contributed by atoms with van der Waals surface area (Å²) in [6.07, 6.45) is 2.14. The van der Waals surface area contributed by atoms with E-state index in [-0.39, 0.29) is 6.61 Å². The molecule has 1 atom stereocenters. The van der Waals surface area contributed by atoms with Gasteiger partial charge in [-0.25, -0.2) is 0 Å². The molecule has 114 valence electrons. The lowest BCUT2D eigenvalue weighted by Gasteiger charge is -2.23. The third kappa shape index (κ3) is 5.58. The van der Waals surface area contributed by atoms with Gasteiger partial charge in [-0.2, -0.15) is 0 Å². The Morgan fingerprint density at radius 2 is 1.95 bits per heavy atom. The van der Waals surface area contributed by atoms with Crippen LogP contribution < -0.4 is 0 Å². The van der Waals surface area contributed by atoms with Crippen molar-refractivity contribution in [3.63, 3.8) is 0 Å². The van der Waals surface area contributed by atoms with E-state index in [0.29, 0.717) is 28.6 Å². The van der Waals surface area contributed by atoms with E-state index in [4.69, 9.17) is 28.3 Å². The van der Waals surface area contributed by atoms with Crippen LogP contribution in [0, 0.1) is 0 Å². The van der Waals surface area contributed by atoms with Crippen LogP contribution in [0.25, 0.3) is 0 Å². The molecule has 0 bridgehead atoms. The normalized spacial score (nSPS) is 12.9. The fraction of sp³-hybridized carbons (Fsp3) is 0.600. The highest BCUT2D eigenvalue weighted by Gasteiger charge is 2.15. The first-order valence-corrected chi connectivity index (χ1v) is 7.81. The molecule has 1 rings (SSSR count). The molecule has 2 N–H and O–H groups in total. The zero-order valence-electron chi connectivity index (χ0n) is 11.9. The first kappa shape index (κ1) is 17.7. The van der Waals surface area contributed by atoms with Crippen LogP contribution in [0.1, 0.15) is 37.9 Å². The van der Waals surface area contributed by atoms with Crippen molar-refractivity contribution in [3.05, 3.63) is 33.8 Å². The zero-order valence-corrected chi connectivity index (χ0v) is 13.4. The summed E-state index contributed by atoms with van der Waals surface area (Å²) >= 11 is 12.1. The van der Waals surface area contributed by atoms with E-state index in [1.165, 1.54) is 0 Å². The van der Waals surface area contributed by atoms with E-state index in [1.807, 2.05) is 0 Å². The molecule has 0 saturated carbocycles. The van der Waals surface area contributed by atoms with Crippen molar-refractivity contribution >= 4 is 23.2 Å². The molecule has 3 nitrogen and oxygen atoms in total. The lowest BCUT2D eigenvalue weighted by Crippen LogP contribution is -2.30. The first-order chi connectivity index (χ1) is 9.60. The second-order valence-corrected chi connectivity index (χ2v) is 5.65. The minimum absolute atomic E-state index is 0.137. The maximum Gasteiger partial charge on any atom is 0.0817 e. The van der Waals surface area contributed by atoms with Crippen LogP contribution in [0.4, 0.5) is 0 Å². The summed E-state index contributed by atoms with van der Waals surface area (Å²) in [7, 11) is 0. The van der Waals surface area contributed by atoms with E-state index >= 15 is 0 Å². The fourth-order valence-corrected chi connectivity index (χ4v) is 2.53. The SMILES string of the molecule is CCCCN(CCO)CCC(O)c1cccc(Cl)c1Cl. The molecule has 0 amide bonds. The summed E-state index contributed by atoms with van der Waals surface area (Å²) in [6, 6.07) is 5.29. The minimum Gasteiger partial charge on any atom is -0.395 e. The molecule has 1 aromatic rings. The molecule has 1 aromatic carbocycles. The molecule has 0 spiro atoms. The number of nitrogens with zero attached hydrogens (tertiary/aromatic N) is 1. The minimum atomic E-state index is -0.635. The van der Waals surface area contributed by atoms with Gasteiger partial charge in [0.2, 0.25) is 0 Å². The predicted octanol–water partition coefficient (Wildman–Crippen LogP) is 3.51. The molecular formula is C15H23Cl2NO2. The van der Waals surface area contributed by atoms with Crippen molar-refractivity contribution in [1.29, 1.82) is 0 Å². The summed E-state index contributed by atoms with van der Waals surface area (Å²) in [4.78, 5) is 2.16. The van der Waals surface area contributed by atoms with Gasteiger partial charge in [-0.15, -0.1) is 0 Å². The standard InChI is InChI=1S/C15H23Cl2NO2/c1-2-3-8-18(10-11-19)9-7-14(20)12-5-4-6-13(16)15(12)17/h4-6,14,19-20H,2-3,7-11H2,1H3. The molecule has 0 aliphatic rings. The van der Waals surface area contributed by atoms with Crippen LogP contribution in [-0.2, 0) is 0 Å². The molecule has 0 aliphatic carbocycles. The van der Waals surface area contributed by atoms with E-state index in [2.05, 4.69) is 11.8 Å². The number of unbranched alkanes of at least 4 members (excludes halogenated alkanes) is 1. The van der Waals surface area contributed by atoms with Crippen LogP contribution in [0.5, 0.6) is 0 Å². The second-order valence-electron chi connectivity index (χ2n) is 4.87. The van der Waals surface area contributed by atoms with E-state index in [1.54, 1.807) is 18.2 Å². The highest BCUT2D eigenvalue weighted by atomic mass is 35.5. The fourth-order valence-electron chi connectivity index (χ4n) is 2.10. The number of benzene rings is 1. The van der Waals surface area contributed by atoms with Gasteiger partial charge in [0.05, 0.1) is 22.8 Å². The zero-order chi connectivity index (χ0) is 15.0. The monoisotopic (exact) mass is 319 g/mol. The molecule has 0 saturated heterocycles. The van der Waals surface area contributed by atoms with Crippen molar-refractivity contribution < 1.29 is 10.2 Å². The van der Waals surface area contributed by atoms with Gasteiger partial charge in [-0.1, -0.05) is 48.7 Å². The van der Waals surface area contributed by atoms with Crippen molar-refractivity contribution in [2.75, 3.05) is 26.2 Å². The lowest BCUT2D eigenvalue weighted by atomic mass is 10.1. The van der Waals surface area contributed by atoms with Crippen LogP contribution >= 0.6 is 23.2 Å². The Labute approximate surface area is 131 Å². The highest BCUT2D eigenvalue weighted by molar-refractivity contribution is 6.42. The topological polar surface area (TPSA) is 43.7 Å². The molecule has 0 fully saturated rings. The Hall–Kier alpha value is -0.320. The molecule has 5 heteroatoms. The number of hydrogen-bond donors (Lipinski definition) is 2. The van der Waals surface area contributed by atoms with Crippen LogP contribution in [-0.4, -0.2) is 41.4 Å². The average molecular weight is 320 g/mol. The Morgan fingerprint density at radius 3 is 2.60 bits per heavy atom. The Balaban J connectivity index is 2.55. The molecule has 0 aromatic heterocycles. The Bertz CT molecular complexity index is 401. The van der Waals surface area contributed by atoms with Gasteiger partial charge in [-0.05, 0) is 25.5 Å². The van der Waals surface area contributed by atoms with Gasteiger partial charge in [0.1, 0.15) is 0 Å². The maximum atomic E-state index is 10.2. The van der Waals surface area contributed by atoms with Crippen molar-refractivity contribution in [2.24, 2.45) is 0 Å². The Morgan fingerprint density at radius 1 is 1.20 bits per heavy atom.